The molecule has 1 heterocycles. The first-order chi connectivity index (χ1) is 11.3. The largest absolute Gasteiger partial charge is 0.748 e. The van der Waals surface area contributed by atoms with E-state index in [4.69, 9.17) is 4.74 Å². The molecule has 6 nitrogen and oxygen atoms in total. The van der Waals surface area contributed by atoms with Gasteiger partial charge in [-0.3, -0.25) is 4.79 Å². The van der Waals surface area contributed by atoms with Gasteiger partial charge in [-0.05, 0) is 19.8 Å². The maximum Gasteiger partial charge on any atom is 0.293 e. The first-order valence-corrected chi connectivity index (χ1v) is 9.57. The van der Waals surface area contributed by atoms with E-state index in [1.807, 2.05) is 25.1 Å². The average Bonchev–Trinajstić information content (AvgIpc) is 2.73. The van der Waals surface area contributed by atoms with Gasteiger partial charge < -0.3 is 9.29 Å². The number of rotatable bonds is 9. The molecule has 1 unspecified atom stereocenters. The van der Waals surface area contributed by atoms with Crippen molar-refractivity contribution >= 4 is 28.0 Å². The van der Waals surface area contributed by atoms with Crippen molar-refractivity contribution in [3.63, 3.8) is 0 Å². The van der Waals surface area contributed by atoms with Crippen LogP contribution in [0.5, 0.6) is 0 Å². The fourth-order valence-electron chi connectivity index (χ4n) is 3.41. The molecule has 0 radical (unpaired) electrons. The molecule has 1 atom stereocenters. The highest BCUT2D eigenvalue weighted by atomic mass is 32.2. The molecule has 7 heteroatoms. The fourth-order valence-corrected chi connectivity index (χ4v) is 3.89. The number of nitrogens with zero attached hydrogens (tertiary/aromatic N) is 1. The number of fused-ring (bicyclic) bond motifs is 1. The van der Waals surface area contributed by atoms with Crippen LogP contribution in [0.15, 0.2) is 24.3 Å². The third kappa shape index (κ3) is 4.02. The molecule has 2 rings (SSSR count). The SMILES string of the molecule is CC1=[N+](CCCS(=O)(=O)[O-])c2ccccc2C1(C)CCCOC=O. The molecule has 132 valence electrons. The third-order valence-corrected chi connectivity index (χ3v) is 5.56. The van der Waals surface area contributed by atoms with Gasteiger partial charge in [-0.1, -0.05) is 18.2 Å². The van der Waals surface area contributed by atoms with Gasteiger partial charge in [0.1, 0.15) is 6.54 Å². The zero-order valence-electron chi connectivity index (χ0n) is 14.0. The first-order valence-electron chi connectivity index (χ1n) is 7.99. The molecule has 0 bridgehead atoms. The molecule has 0 fully saturated rings. The Kier molecular flexibility index (Phi) is 5.77. The highest BCUT2D eigenvalue weighted by molar-refractivity contribution is 7.85. The average molecular weight is 353 g/mol. The minimum Gasteiger partial charge on any atom is -0.748 e. The fraction of sp³-hybridized carbons (Fsp3) is 0.529. The number of carbonyl (C=O) groups is 1. The molecule has 0 aliphatic carbocycles. The standard InChI is InChI=1S/C17H23NO5S/c1-14-17(2,9-5-11-23-13-19)15-7-3-4-8-16(15)18(14)10-6-12-24(20,21)22/h3-4,7-8,13H,5-6,9-12H2,1-2H3. The van der Waals surface area contributed by atoms with Crippen LogP contribution in [0.2, 0.25) is 0 Å². The zero-order valence-corrected chi connectivity index (χ0v) is 14.8. The molecule has 1 aliphatic rings. The number of hydrogen-bond donors (Lipinski definition) is 0. The van der Waals surface area contributed by atoms with Gasteiger partial charge >= 0.3 is 0 Å². The van der Waals surface area contributed by atoms with Crippen molar-refractivity contribution in [2.75, 3.05) is 18.9 Å². The van der Waals surface area contributed by atoms with Crippen molar-refractivity contribution in [1.82, 2.24) is 0 Å². The molecule has 0 aromatic heterocycles. The first kappa shape index (κ1) is 18.6. The molecule has 24 heavy (non-hydrogen) atoms. The smallest absolute Gasteiger partial charge is 0.293 e. The van der Waals surface area contributed by atoms with Gasteiger partial charge in [0, 0.05) is 30.7 Å². The normalized spacial score (nSPS) is 20.1. The van der Waals surface area contributed by atoms with Crippen LogP contribution in [0.25, 0.3) is 0 Å². The minimum absolute atomic E-state index is 0.195. The molecule has 1 aromatic carbocycles. The van der Waals surface area contributed by atoms with Crippen molar-refractivity contribution < 1.29 is 27.1 Å². The van der Waals surface area contributed by atoms with E-state index in [1.54, 1.807) is 0 Å². The van der Waals surface area contributed by atoms with Crippen LogP contribution in [0.1, 0.15) is 38.7 Å². The summed E-state index contributed by atoms with van der Waals surface area (Å²) in [6.45, 7) is 5.50. The summed E-state index contributed by atoms with van der Waals surface area (Å²) in [5.41, 5.74) is 3.16. The lowest BCUT2D eigenvalue weighted by atomic mass is 9.76. The summed E-state index contributed by atoms with van der Waals surface area (Å²) in [6, 6.07) is 8.02. The van der Waals surface area contributed by atoms with E-state index in [-0.39, 0.29) is 11.2 Å². The molecule has 0 amide bonds. The Labute approximate surface area is 142 Å². The van der Waals surface area contributed by atoms with Gasteiger partial charge in [0.2, 0.25) is 5.69 Å². The molecular weight excluding hydrogens is 330 g/mol. The number of ether oxygens (including phenoxy) is 1. The molecule has 0 spiro atoms. The second kappa shape index (κ2) is 7.44. The molecule has 0 saturated carbocycles. The highest BCUT2D eigenvalue weighted by Gasteiger charge is 2.45. The lowest BCUT2D eigenvalue weighted by Crippen LogP contribution is -2.31. The van der Waals surface area contributed by atoms with E-state index < -0.39 is 10.1 Å². The van der Waals surface area contributed by atoms with Crippen LogP contribution in [0, 0.1) is 0 Å². The quantitative estimate of drug-likeness (QED) is 0.293. The van der Waals surface area contributed by atoms with Gasteiger partial charge in [0.15, 0.2) is 5.71 Å². The van der Waals surface area contributed by atoms with Crippen LogP contribution in [-0.2, 0) is 25.1 Å². The Bertz CT molecular complexity index is 741. The van der Waals surface area contributed by atoms with E-state index in [1.165, 1.54) is 5.56 Å². The molecular formula is C17H23NO5S. The van der Waals surface area contributed by atoms with Gasteiger partial charge in [-0.25, -0.2) is 8.42 Å². The Balaban J connectivity index is 2.23. The molecule has 1 aliphatic heterocycles. The lowest BCUT2D eigenvalue weighted by Gasteiger charge is -2.21. The summed E-state index contributed by atoms with van der Waals surface area (Å²) in [5.74, 6) is -0.358. The van der Waals surface area contributed by atoms with Gasteiger partial charge in [0.05, 0.1) is 22.1 Å². The third-order valence-electron chi connectivity index (χ3n) is 4.78. The maximum absolute atomic E-state index is 10.8. The molecule has 0 N–H and O–H groups in total. The van der Waals surface area contributed by atoms with Crippen LogP contribution >= 0.6 is 0 Å². The van der Waals surface area contributed by atoms with Gasteiger partial charge in [0.25, 0.3) is 6.47 Å². The van der Waals surface area contributed by atoms with Gasteiger partial charge in [-0.2, -0.15) is 4.58 Å². The maximum atomic E-state index is 10.8. The van der Waals surface area contributed by atoms with Crippen LogP contribution < -0.4 is 0 Å². The minimum atomic E-state index is -4.20. The monoisotopic (exact) mass is 353 g/mol. The van der Waals surface area contributed by atoms with Crippen molar-refractivity contribution in [1.29, 1.82) is 0 Å². The summed E-state index contributed by atoms with van der Waals surface area (Å²) < 4.78 is 39.4. The zero-order chi connectivity index (χ0) is 17.8. The van der Waals surface area contributed by atoms with Gasteiger partial charge in [-0.15, -0.1) is 0 Å². The predicted molar refractivity (Wildman–Crippen MR) is 89.7 cm³/mol. The summed E-state index contributed by atoms with van der Waals surface area (Å²) in [6.07, 6.45) is 1.85. The number of hydrogen-bond acceptors (Lipinski definition) is 5. The topological polar surface area (TPSA) is 86.5 Å². The van der Waals surface area contributed by atoms with Crippen LogP contribution in [0.3, 0.4) is 0 Å². The Hall–Kier alpha value is -1.73. The van der Waals surface area contributed by atoms with E-state index in [2.05, 4.69) is 17.6 Å². The predicted octanol–water partition coefficient (Wildman–Crippen LogP) is 1.95. The summed E-state index contributed by atoms with van der Waals surface area (Å²) in [5, 5.41) is 0. The number of benzene rings is 1. The van der Waals surface area contributed by atoms with Crippen molar-refractivity contribution in [2.24, 2.45) is 0 Å². The lowest BCUT2D eigenvalue weighted by molar-refractivity contribution is -0.438. The van der Waals surface area contributed by atoms with Crippen molar-refractivity contribution in [3.8, 4) is 0 Å². The molecule has 1 aromatic rings. The van der Waals surface area contributed by atoms with E-state index >= 15 is 0 Å². The van der Waals surface area contributed by atoms with Crippen molar-refractivity contribution in [3.05, 3.63) is 29.8 Å². The van der Waals surface area contributed by atoms with E-state index in [0.29, 0.717) is 26.0 Å². The summed E-state index contributed by atoms with van der Waals surface area (Å²) in [7, 11) is -4.20. The molecule has 0 saturated heterocycles. The Morgan fingerprint density at radius 1 is 1.29 bits per heavy atom. The second-order valence-corrected chi connectivity index (χ2v) is 7.80. The number of carbonyl (C=O) groups excluding carboxylic acids is 1. The van der Waals surface area contributed by atoms with E-state index in [9.17, 15) is 17.8 Å². The van der Waals surface area contributed by atoms with E-state index in [0.717, 1.165) is 24.2 Å². The van der Waals surface area contributed by atoms with Crippen LogP contribution in [0.4, 0.5) is 5.69 Å². The summed E-state index contributed by atoms with van der Waals surface area (Å²) >= 11 is 0. The highest BCUT2D eigenvalue weighted by Crippen LogP contribution is 2.42. The van der Waals surface area contributed by atoms with Crippen LogP contribution in [-0.4, -0.2) is 48.6 Å². The summed E-state index contributed by atoms with van der Waals surface area (Å²) in [4.78, 5) is 10.3. The second-order valence-electron chi connectivity index (χ2n) is 6.27. The Morgan fingerprint density at radius 3 is 2.67 bits per heavy atom. The van der Waals surface area contributed by atoms with Crippen molar-refractivity contribution in [2.45, 2.75) is 38.5 Å². The Morgan fingerprint density at radius 2 is 2.00 bits per heavy atom. The number of para-hydroxylation sites is 1.